The molecule has 0 aromatic heterocycles. The van der Waals surface area contributed by atoms with E-state index in [4.69, 9.17) is 5.84 Å². The van der Waals surface area contributed by atoms with Gasteiger partial charge >= 0.3 is 0 Å². The molecule has 4 nitrogen and oxygen atoms in total. The van der Waals surface area contributed by atoms with Crippen LogP contribution in [0.2, 0.25) is 0 Å². The first-order valence-corrected chi connectivity index (χ1v) is 7.39. The normalized spacial score (nSPS) is 13.7. The van der Waals surface area contributed by atoms with Crippen LogP contribution in [0.4, 0.5) is 8.78 Å². The lowest BCUT2D eigenvalue weighted by molar-refractivity contribution is 0.490. The van der Waals surface area contributed by atoms with Gasteiger partial charge in [-0.15, -0.1) is 0 Å². The molecule has 0 saturated carbocycles. The highest BCUT2D eigenvalue weighted by molar-refractivity contribution is 9.10. The Morgan fingerprint density at radius 3 is 2.53 bits per heavy atom. The van der Waals surface area contributed by atoms with Crippen LogP contribution in [0.15, 0.2) is 16.6 Å². The van der Waals surface area contributed by atoms with Gasteiger partial charge in [0, 0.05) is 11.8 Å². The van der Waals surface area contributed by atoms with Crippen molar-refractivity contribution >= 4 is 25.8 Å². The first kappa shape index (κ1) is 14.5. The molecule has 96 valence electrons. The van der Waals surface area contributed by atoms with Gasteiger partial charge in [0.15, 0.2) is 0 Å². The maximum Gasteiger partial charge on any atom is 0.149 e. The molecule has 1 aromatic rings. The fourth-order valence-corrected chi connectivity index (χ4v) is 2.59. The lowest BCUT2D eigenvalue weighted by Crippen LogP contribution is -2.34. The molecule has 1 unspecified atom stereocenters. The van der Waals surface area contributed by atoms with Gasteiger partial charge in [-0.2, -0.15) is 0 Å². The standard InChI is InChI=1S/C9H11BrF2N2O2S/c1-17(15,16)4-7(14-13)8-6(11)3-2-5(10)9(8)12/h2-3,7,14H,4,13H2,1H3. The van der Waals surface area contributed by atoms with E-state index in [-0.39, 0.29) is 4.47 Å². The maximum atomic E-state index is 13.7. The fraction of sp³-hybridized carbons (Fsp3) is 0.333. The summed E-state index contributed by atoms with van der Waals surface area (Å²) in [6.45, 7) is 0. The second kappa shape index (κ2) is 5.38. The molecule has 0 aliphatic carbocycles. The predicted molar refractivity (Wildman–Crippen MR) is 63.8 cm³/mol. The Hall–Kier alpha value is -0.570. The summed E-state index contributed by atoms with van der Waals surface area (Å²) in [5.41, 5.74) is 1.71. The molecule has 8 heteroatoms. The zero-order chi connectivity index (χ0) is 13.2. The van der Waals surface area contributed by atoms with E-state index in [0.29, 0.717) is 0 Å². The summed E-state index contributed by atoms with van der Waals surface area (Å²) in [6.07, 6.45) is 0.963. The van der Waals surface area contributed by atoms with Crippen molar-refractivity contribution in [2.24, 2.45) is 5.84 Å². The van der Waals surface area contributed by atoms with E-state index < -0.39 is 38.8 Å². The molecule has 0 fully saturated rings. The first-order valence-electron chi connectivity index (χ1n) is 4.53. The molecule has 0 spiro atoms. The van der Waals surface area contributed by atoms with E-state index in [1.165, 1.54) is 6.07 Å². The Bertz CT molecular complexity index is 522. The largest absolute Gasteiger partial charge is 0.271 e. The van der Waals surface area contributed by atoms with Crippen LogP contribution in [0.3, 0.4) is 0 Å². The van der Waals surface area contributed by atoms with Crippen LogP contribution in [-0.2, 0) is 9.84 Å². The molecule has 17 heavy (non-hydrogen) atoms. The summed E-state index contributed by atoms with van der Waals surface area (Å²) in [7, 11) is -3.42. The molecule has 0 aliphatic heterocycles. The molecule has 1 atom stereocenters. The second-order valence-corrected chi connectivity index (χ2v) is 6.61. The van der Waals surface area contributed by atoms with E-state index in [1.54, 1.807) is 0 Å². The van der Waals surface area contributed by atoms with Crippen molar-refractivity contribution in [2.45, 2.75) is 6.04 Å². The van der Waals surface area contributed by atoms with Crippen LogP contribution < -0.4 is 11.3 Å². The molecule has 0 bridgehead atoms. The molecule has 0 heterocycles. The average molecular weight is 329 g/mol. The summed E-state index contributed by atoms with van der Waals surface area (Å²) in [6, 6.07) is 1.10. The van der Waals surface area contributed by atoms with E-state index in [2.05, 4.69) is 21.4 Å². The highest BCUT2D eigenvalue weighted by atomic mass is 79.9. The van der Waals surface area contributed by atoms with Gasteiger partial charge in [0.2, 0.25) is 0 Å². The van der Waals surface area contributed by atoms with Crippen molar-refractivity contribution < 1.29 is 17.2 Å². The fourth-order valence-electron chi connectivity index (χ4n) is 1.38. The molecular weight excluding hydrogens is 318 g/mol. The SMILES string of the molecule is CS(=O)(=O)CC(NN)c1c(F)ccc(Br)c1F. The number of hydrazine groups is 1. The summed E-state index contributed by atoms with van der Waals surface area (Å²) >= 11 is 2.90. The maximum absolute atomic E-state index is 13.7. The Labute approximate surface area is 106 Å². The summed E-state index contributed by atoms with van der Waals surface area (Å²) < 4.78 is 49.5. The van der Waals surface area contributed by atoms with Crippen molar-refractivity contribution in [3.8, 4) is 0 Å². The van der Waals surface area contributed by atoms with Crippen molar-refractivity contribution in [2.75, 3.05) is 12.0 Å². The molecule has 0 radical (unpaired) electrons. The van der Waals surface area contributed by atoms with Gasteiger partial charge in [-0.25, -0.2) is 17.2 Å². The van der Waals surface area contributed by atoms with Crippen LogP contribution >= 0.6 is 15.9 Å². The van der Waals surface area contributed by atoms with Crippen molar-refractivity contribution in [1.29, 1.82) is 0 Å². The summed E-state index contributed by atoms with van der Waals surface area (Å²) in [5, 5.41) is 0. The van der Waals surface area contributed by atoms with Gasteiger partial charge in [-0.3, -0.25) is 11.3 Å². The van der Waals surface area contributed by atoms with E-state index in [1.807, 2.05) is 0 Å². The Morgan fingerprint density at radius 1 is 1.47 bits per heavy atom. The number of sulfone groups is 1. The Balaban J connectivity index is 3.25. The molecule has 0 saturated heterocycles. The third-order valence-corrected chi connectivity index (χ3v) is 3.65. The number of rotatable bonds is 4. The predicted octanol–water partition coefficient (Wildman–Crippen LogP) is 1.28. The first-order chi connectivity index (χ1) is 7.76. The minimum atomic E-state index is -3.42. The van der Waals surface area contributed by atoms with Gasteiger partial charge in [-0.05, 0) is 28.1 Å². The highest BCUT2D eigenvalue weighted by Crippen LogP contribution is 2.27. The third-order valence-electron chi connectivity index (χ3n) is 2.10. The van der Waals surface area contributed by atoms with Gasteiger partial charge < -0.3 is 0 Å². The lowest BCUT2D eigenvalue weighted by atomic mass is 10.1. The van der Waals surface area contributed by atoms with E-state index in [0.717, 1.165) is 12.3 Å². The summed E-state index contributed by atoms with van der Waals surface area (Å²) in [4.78, 5) is 0. The van der Waals surface area contributed by atoms with Gasteiger partial charge in [0.25, 0.3) is 0 Å². The number of hydrogen-bond donors (Lipinski definition) is 2. The zero-order valence-electron chi connectivity index (χ0n) is 8.88. The molecule has 1 aromatic carbocycles. The topological polar surface area (TPSA) is 72.2 Å². The number of nitrogens with one attached hydrogen (secondary N) is 1. The zero-order valence-corrected chi connectivity index (χ0v) is 11.3. The molecular formula is C9H11BrF2N2O2S. The summed E-state index contributed by atoms with van der Waals surface area (Å²) in [5.74, 6) is 2.93. The minimum absolute atomic E-state index is 0.0441. The third kappa shape index (κ3) is 3.70. The van der Waals surface area contributed by atoms with Gasteiger partial charge in [-0.1, -0.05) is 0 Å². The quantitative estimate of drug-likeness (QED) is 0.496. The molecule has 0 amide bonds. The van der Waals surface area contributed by atoms with Crippen molar-refractivity contribution in [1.82, 2.24) is 5.43 Å². The van der Waals surface area contributed by atoms with Gasteiger partial charge in [0.05, 0.1) is 16.3 Å². The Morgan fingerprint density at radius 2 is 2.06 bits per heavy atom. The highest BCUT2D eigenvalue weighted by Gasteiger charge is 2.24. The molecule has 1 rings (SSSR count). The lowest BCUT2D eigenvalue weighted by Gasteiger charge is -2.17. The number of benzene rings is 1. The smallest absolute Gasteiger partial charge is 0.149 e. The van der Waals surface area contributed by atoms with Crippen LogP contribution in [0.5, 0.6) is 0 Å². The van der Waals surface area contributed by atoms with Crippen LogP contribution in [0.1, 0.15) is 11.6 Å². The van der Waals surface area contributed by atoms with Gasteiger partial charge in [0.1, 0.15) is 21.5 Å². The van der Waals surface area contributed by atoms with Crippen LogP contribution in [0, 0.1) is 11.6 Å². The minimum Gasteiger partial charge on any atom is -0.271 e. The van der Waals surface area contributed by atoms with Crippen molar-refractivity contribution in [3.05, 3.63) is 33.8 Å². The van der Waals surface area contributed by atoms with Crippen molar-refractivity contribution in [3.63, 3.8) is 0 Å². The van der Waals surface area contributed by atoms with E-state index >= 15 is 0 Å². The monoisotopic (exact) mass is 328 g/mol. The van der Waals surface area contributed by atoms with Crippen LogP contribution in [0.25, 0.3) is 0 Å². The average Bonchev–Trinajstić information content (AvgIpc) is 2.21. The second-order valence-electron chi connectivity index (χ2n) is 3.57. The molecule has 3 N–H and O–H groups in total. The molecule has 0 aliphatic rings. The number of nitrogens with two attached hydrogens (primary N) is 1. The van der Waals surface area contributed by atoms with E-state index in [9.17, 15) is 17.2 Å². The number of hydrogen-bond acceptors (Lipinski definition) is 4. The Kier molecular flexibility index (Phi) is 4.59. The number of halogens is 3. The van der Waals surface area contributed by atoms with Crippen LogP contribution in [-0.4, -0.2) is 20.4 Å².